The van der Waals surface area contributed by atoms with E-state index in [2.05, 4.69) is 0 Å². The average molecular weight is 243 g/mol. The first-order chi connectivity index (χ1) is 8.70. The number of methoxy groups -OCH3 is 1. The van der Waals surface area contributed by atoms with Crippen molar-refractivity contribution in [3.63, 3.8) is 0 Å². The zero-order valence-corrected chi connectivity index (χ0v) is 9.54. The highest BCUT2D eigenvalue weighted by Gasteiger charge is 2.28. The highest BCUT2D eigenvalue weighted by molar-refractivity contribution is 6.29. The molecule has 18 heavy (non-hydrogen) atoms. The minimum absolute atomic E-state index is 0.383. The summed E-state index contributed by atoms with van der Waals surface area (Å²) < 4.78 is 10.5. The summed E-state index contributed by atoms with van der Waals surface area (Å²) in [4.78, 5) is 24.4. The van der Waals surface area contributed by atoms with Crippen LogP contribution >= 0.6 is 0 Å². The lowest BCUT2D eigenvalue weighted by Crippen LogP contribution is -2.29. The first kappa shape index (κ1) is 10.6. The van der Waals surface area contributed by atoms with Crippen LogP contribution in [0.15, 0.2) is 41.0 Å². The van der Waals surface area contributed by atoms with E-state index < -0.39 is 0 Å². The smallest absolute Gasteiger partial charge is 0.258 e. The Morgan fingerprint density at radius 3 is 2.56 bits per heavy atom. The Bertz CT molecular complexity index is 665. The van der Waals surface area contributed by atoms with Crippen molar-refractivity contribution in [2.75, 3.05) is 12.0 Å². The quantitative estimate of drug-likeness (QED) is 0.755. The molecule has 5 heteroatoms. The molecule has 0 unspecified atom stereocenters. The number of fused-ring (bicyclic) bond motifs is 1. The highest BCUT2D eigenvalue weighted by Crippen LogP contribution is 2.34. The number of rotatable bonds is 2. The maximum atomic E-state index is 11.7. The summed E-state index contributed by atoms with van der Waals surface area (Å²) in [5.74, 6) is -0.205. The number of anilines is 1. The Balaban J connectivity index is 2.24. The van der Waals surface area contributed by atoms with Gasteiger partial charge >= 0.3 is 0 Å². The molecule has 2 aromatic rings. The summed E-state index contributed by atoms with van der Waals surface area (Å²) in [7, 11) is 1.52. The molecular weight excluding hydrogens is 234 g/mol. The van der Waals surface area contributed by atoms with E-state index in [0.717, 1.165) is 10.3 Å². The molecule has 2 amide bonds. The molecule has 1 aliphatic rings. The number of nitrogens with zero attached hydrogens (tertiary/aromatic N) is 1. The van der Waals surface area contributed by atoms with Gasteiger partial charge in [-0.25, -0.2) is 4.90 Å². The number of furan rings is 1. The van der Waals surface area contributed by atoms with Gasteiger partial charge in [-0.3, -0.25) is 9.59 Å². The molecule has 0 bridgehead atoms. The molecule has 0 N–H and O–H groups in total. The van der Waals surface area contributed by atoms with Crippen molar-refractivity contribution in [3.05, 3.63) is 36.6 Å². The number of carbonyl (C=O) groups excluding carboxylic acids is 2. The summed E-state index contributed by atoms with van der Waals surface area (Å²) in [6, 6.07) is 5.13. The maximum absolute atomic E-state index is 11.7. The monoisotopic (exact) mass is 243 g/mol. The van der Waals surface area contributed by atoms with E-state index in [0.29, 0.717) is 17.0 Å². The fourth-order valence-electron chi connectivity index (χ4n) is 1.96. The summed E-state index contributed by atoms with van der Waals surface area (Å²) in [6.07, 6.45) is 3.97. The van der Waals surface area contributed by atoms with Gasteiger partial charge < -0.3 is 9.15 Å². The van der Waals surface area contributed by atoms with Crippen LogP contribution in [0.3, 0.4) is 0 Å². The van der Waals surface area contributed by atoms with Crippen LogP contribution in [0.5, 0.6) is 5.75 Å². The molecular formula is C13H9NO4. The molecule has 0 fully saturated rings. The molecule has 3 rings (SSSR count). The van der Waals surface area contributed by atoms with Crippen molar-refractivity contribution in [1.82, 2.24) is 0 Å². The summed E-state index contributed by atoms with van der Waals surface area (Å²) in [5, 5.41) is 0.775. The molecule has 2 heterocycles. The van der Waals surface area contributed by atoms with E-state index in [4.69, 9.17) is 9.15 Å². The van der Waals surface area contributed by atoms with Gasteiger partial charge in [0.15, 0.2) is 5.58 Å². The fraction of sp³-hybridized carbons (Fsp3) is 0.0769. The molecule has 0 radical (unpaired) electrons. The van der Waals surface area contributed by atoms with Gasteiger partial charge in [0.05, 0.1) is 19.1 Å². The molecule has 1 aromatic heterocycles. The van der Waals surface area contributed by atoms with Crippen LogP contribution in [-0.2, 0) is 9.59 Å². The highest BCUT2D eigenvalue weighted by atomic mass is 16.5. The molecule has 0 atom stereocenters. The first-order valence-corrected chi connectivity index (χ1v) is 5.32. The Morgan fingerprint density at radius 1 is 1.17 bits per heavy atom. The lowest BCUT2D eigenvalue weighted by Gasteiger charge is -2.15. The second-order valence-electron chi connectivity index (χ2n) is 3.83. The maximum Gasteiger partial charge on any atom is 0.258 e. The number of benzene rings is 1. The predicted molar refractivity (Wildman–Crippen MR) is 64.4 cm³/mol. The number of ether oxygens (including phenoxy) is 1. The van der Waals surface area contributed by atoms with Crippen molar-refractivity contribution < 1.29 is 18.7 Å². The normalized spacial score (nSPS) is 14.8. The number of imide groups is 1. The van der Waals surface area contributed by atoms with Gasteiger partial charge in [0.1, 0.15) is 5.75 Å². The lowest BCUT2D eigenvalue weighted by atomic mass is 10.2. The van der Waals surface area contributed by atoms with Crippen LogP contribution in [0.4, 0.5) is 5.69 Å². The minimum atomic E-state index is -0.383. The molecule has 1 aromatic carbocycles. The third kappa shape index (κ3) is 1.41. The number of hydrogen-bond donors (Lipinski definition) is 0. The third-order valence-corrected chi connectivity index (χ3v) is 2.79. The Kier molecular flexibility index (Phi) is 2.19. The Morgan fingerprint density at radius 2 is 1.89 bits per heavy atom. The Hall–Kier alpha value is -2.56. The molecule has 0 saturated carbocycles. The van der Waals surface area contributed by atoms with Gasteiger partial charge in [-0.15, -0.1) is 0 Å². The van der Waals surface area contributed by atoms with Gasteiger partial charge in [0, 0.05) is 23.6 Å². The van der Waals surface area contributed by atoms with Crippen molar-refractivity contribution >= 4 is 28.5 Å². The molecule has 0 spiro atoms. The standard InChI is InChI=1S/C13H9NO4/c1-17-9-6-8-4-5-18-13(8)10(7-9)14-11(15)2-3-12(14)16/h2-7H,1H3. The predicted octanol–water partition coefficient (Wildman–Crippen LogP) is 1.87. The lowest BCUT2D eigenvalue weighted by molar-refractivity contribution is -0.119. The van der Waals surface area contributed by atoms with E-state index in [9.17, 15) is 9.59 Å². The van der Waals surface area contributed by atoms with Crippen LogP contribution in [0, 0.1) is 0 Å². The fourth-order valence-corrected chi connectivity index (χ4v) is 1.96. The SMILES string of the molecule is COc1cc(N2C(=O)C=CC2=O)c2occc2c1. The van der Waals surface area contributed by atoms with Crippen LogP contribution in [0.25, 0.3) is 11.0 Å². The van der Waals surface area contributed by atoms with Gasteiger partial charge in [-0.2, -0.15) is 0 Å². The van der Waals surface area contributed by atoms with Crippen LogP contribution in [0.1, 0.15) is 0 Å². The molecule has 0 aliphatic carbocycles. The van der Waals surface area contributed by atoms with Crippen LogP contribution in [0.2, 0.25) is 0 Å². The van der Waals surface area contributed by atoms with E-state index >= 15 is 0 Å². The van der Waals surface area contributed by atoms with Gasteiger partial charge in [0.25, 0.3) is 11.8 Å². The van der Waals surface area contributed by atoms with E-state index in [1.807, 2.05) is 0 Å². The minimum Gasteiger partial charge on any atom is -0.497 e. The largest absolute Gasteiger partial charge is 0.497 e. The number of amides is 2. The van der Waals surface area contributed by atoms with Crippen molar-refractivity contribution in [2.24, 2.45) is 0 Å². The average Bonchev–Trinajstić information content (AvgIpc) is 2.95. The van der Waals surface area contributed by atoms with Gasteiger partial charge in [-0.05, 0) is 12.1 Å². The zero-order chi connectivity index (χ0) is 12.7. The summed E-state index contributed by atoms with van der Waals surface area (Å²) in [5.41, 5.74) is 0.885. The van der Waals surface area contributed by atoms with E-state index in [-0.39, 0.29) is 11.8 Å². The van der Waals surface area contributed by atoms with Crippen molar-refractivity contribution in [1.29, 1.82) is 0 Å². The molecule has 5 nitrogen and oxygen atoms in total. The molecule has 0 saturated heterocycles. The van der Waals surface area contributed by atoms with Crippen LogP contribution < -0.4 is 9.64 Å². The first-order valence-electron chi connectivity index (χ1n) is 5.32. The molecule has 90 valence electrons. The Labute approximate surface area is 102 Å². The second kappa shape index (κ2) is 3.73. The summed E-state index contributed by atoms with van der Waals surface area (Å²) >= 11 is 0. The van der Waals surface area contributed by atoms with Crippen LogP contribution in [-0.4, -0.2) is 18.9 Å². The number of hydrogen-bond acceptors (Lipinski definition) is 4. The molecule has 1 aliphatic heterocycles. The van der Waals surface area contributed by atoms with Gasteiger partial charge in [0.2, 0.25) is 0 Å². The van der Waals surface area contributed by atoms with Crippen molar-refractivity contribution in [2.45, 2.75) is 0 Å². The second-order valence-corrected chi connectivity index (χ2v) is 3.83. The third-order valence-electron chi connectivity index (χ3n) is 2.79. The topological polar surface area (TPSA) is 59.8 Å². The zero-order valence-electron chi connectivity index (χ0n) is 9.54. The number of carbonyl (C=O) groups is 2. The van der Waals surface area contributed by atoms with E-state index in [1.165, 1.54) is 25.5 Å². The van der Waals surface area contributed by atoms with E-state index in [1.54, 1.807) is 18.2 Å². The van der Waals surface area contributed by atoms with Crippen molar-refractivity contribution in [3.8, 4) is 5.75 Å². The van der Waals surface area contributed by atoms with Gasteiger partial charge in [-0.1, -0.05) is 0 Å². The summed E-state index contributed by atoms with van der Waals surface area (Å²) in [6.45, 7) is 0.